The molecule has 1 aromatic heterocycles. The number of aromatic nitrogens is 2. The van der Waals surface area contributed by atoms with Gasteiger partial charge in [-0.05, 0) is 37.3 Å². The summed E-state index contributed by atoms with van der Waals surface area (Å²) in [5, 5.41) is 8.84. The van der Waals surface area contributed by atoms with Crippen LogP contribution in [0.3, 0.4) is 0 Å². The van der Waals surface area contributed by atoms with Crippen molar-refractivity contribution in [1.29, 1.82) is 0 Å². The summed E-state index contributed by atoms with van der Waals surface area (Å²) in [5.41, 5.74) is 2.99. The second-order valence-electron chi connectivity index (χ2n) is 5.02. The normalized spacial score (nSPS) is 20.0. The molecule has 0 N–H and O–H groups in total. The van der Waals surface area contributed by atoms with E-state index in [1.165, 1.54) is 30.4 Å². The third-order valence-electron chi connectivity index (χ3n) is 3.57. The second kappa shape index (κ2) is 5.37. The predicted octanol–water partition coefficient (Wildman–Crippen LogP) is 4.25. The number of hydrogen-bond donors (Lipinski definition) is 0. The maximum Gasteiger partial charge on any atom is 0.229 e. The number of rotatable bonds is 3. The lowest BCUT2D eigenvalue weighted by atomic mass is 9.91. The van der Waals surface area contributed by atoms with Crippen molar-refractivity contribution in [2.24, 2.45) is 0 Å². The minimum Gasteiger partial charge on any atom is -0.424 e. The third-order valence-corrected chi connectivity index (χ3v) is 5.00. The molecule has 0 saturated carbocycles. The summed E-state index contributed by atoms with van der Waals surface area (Å²) in [6.07, 6.45) is 3.71. The largest absolute Gasteiger partial charge is 0.424 e. The average Bonchev–Trinajstić information content (AvgIpc) is 2.86. The minimum atomic E-state index is 0.248. The number of fused-ring (bicyclic) bond motifs is 1. The molecule has 3 nitrogen and oxygen atoms in total. The maximum absolute atomic E-state index is 5.53. The van der Waals surface area contributed by atoms with E-state index in [0.717, 1.165) is 5.89 Å². The molecule has 19 heavy (non-hydrogen) atoms. The van der Waals surface area contributed by atoms with Gasteiger partial charge in [-0.15, -0.1) is 22.0 Å². The van der Waals surface area contributed by atoms with Crippen molar-refractivity contribution in [3.63, 3.8) is 0 Å². The lowest BCUT2D eigenvalue weighted by Gasteiger charge is -2.26. The molecule has 0 radical (unpaired) electrons. The highest BCUT2D eigenvalue weighted by atomic mass is 32.2. The number of thioether (sulfide) groups is 1. The van der Waals surface area contributed by atoms with Crippen LogP contribution in [0.5, 0.6) is 0 Å². The first-order valence-corrected chi connectivity index (χ1v) is 7.71. The zero-order valence-electron chi connectivity index (χ0n) is 11.3. The summed E-state index contributed by atoms with van der Waals surface area (Å²) in [6.45, 7) is 3.98. The lowest BCUT2D eigenvalue weighted by Crippen LogP contribution is -2.08. The summed E-state index contributed by atoms with van der Waals surface area (Å²) in [5.74, 6) is 1.39. The van der Waals surface area contributed by atoms with E-state index >= 15 is 0 Å². The Morgan fingerprint density at radius 1 is 1.32 bits per heavy atom. The molecule has 1 heterocycles. The van der Waals surface area contributed by atoms with Crippen molar-refractivity contribution in [2.45, 2.75) is 43.6 Å². The molecule has 0 fully saturated rings. The van der Waals surface area contributed by atoms with Gasteiger partial charge in [0.2, 0.25) is 11.8 Å². The number of nitrogens with zero attached hydrogens (tertiary/aromatic N) is 2. The van der Waals surface area contributed by atoms with E-state index < -0.39 is 0 Å². The Hall–Kier alpha value is -1.29. The summed E-state index contributed by atoms with van der Waals surface area (Å²) in [4.78, 5) is 0. The molecular weight excluding hydrogens is 256 g/mol. The zero-order chi connectivity index (χ0) is 13.2. The van der Waals surface area contributed by atoms with Crippen LogP contribution >= 0.6 is 11.8 Å². The third kappa shape index (κ3) is 2.68. The highest BCUT2D eigenvalue weighted by molar-refractivity contribution is 7.99. The van der Waals surface area contributed by atoms with E-state index in [2.05, 4.69) is 41.4 Å². The fourth-order valence-corrected chi connectivity index (χ4v) is 4.02. The van der Waals surface area contributed by atoms with Gasteiger partial charge in [-0.2, -0.15) is 0 Å². The topological polar surface area (TPSA) is 38.9 Å². The number of hydrogen-bond acceptors (Lipinski definition) is 4. The monoisotopic (exact) mass is 274 g/mol. The summed E-state index contributed by atoms with van der Waals surface area (Å²) in [6, 6.07) is 8.79. The molecule has 0 spiro atoms. The lowest BCUT2D eigenvalue weighted by molar-refractivity contribution is 0.469. The molecule has 4 heteroatoms. The van der Waals surface area contributed by atoms with Crippen molar-refractivity contribution in [3.05, 3.63) is 47.2 Å². The van der Waals surface area contributed by atoms with E-state index in [4.69, 9.17) is 4.42 Å². The van der Waals surface area contributed by atoms with Gasteiger partial charge >= 0.3 is 0 Å². The molecule has 0 unspecified atom stereocenters. The maximum atomic E-state index is 5.53. The summed E-state index contributed by atoms with van der Waals surface area (Å²) < 4.78 is 5.53. The van der Waals surface area contributed by atoms with Crippen molar-refractivity contribution < 1.29 is 4.42 Å². The molecule has 0 bridgehead atoms. The van der Waals surface area contributed by atoms with Crippen LogP contribution in [0.1, 0.15) is 53.2 Å². The fraction of sp³-hybridized carbons (Fsp3) is 0.467. The van der Waals surface area contributed by atoms with Crippen LogP contribution < -0.4 is 0 Å². The van der Waals surface area contributed by atoms with E-state index in [0.29, 0.717) is 11.1 Å². The smallest absolute Gasteiger partial charge is 0.229 e. The van der Waals surface area contributed by atoms with E-state index in [1.54, 1.807) is 0 Å². The Balaban J connectivity index is 1.77. The Kier molecular flexibility index (Phi) is 3.60. The average molecular weight is 274 g/mol. The van der Waals surface area contributed by atoms with Crippen molar-refractivity contribution in [1.82, 2.24) is 10.2 Å². The molecule has 2 atom stereocenters. The first-order chi connectivity index (χ1) is 9.24. The van der Waals surface area contributed by atoms with Crippen LogP contribution in [-0.2, 0) is 6.42 Å². The summed E-state index contributed by atoms with van der Waals surface area (Å²) >= 11 is 1.93. The van der Waals surface area contributed by atoms with Gasteiger partial charge in [0.05, 0.1) is 5.25 Å². The van der Waals surface area contributed by atoms with Crippen LogP contribution in [0.25, 0.3) is 0 Å². The molecule has 2 aromatic rings. The Bertz CT molecular complexity index is 567. The van der Waals surface area contributed by atoms with Crippen molar-refractivity contribution >= 4 is 11.8 Å². The Morgan fingerprint density at radius 3 is 2.95 bits per heavy atom. The SMILES string of the molecule is Cc1nnc([C@@H](C)S[C@@H]2CCCc3ccccc32)o1. The molecule has 3 rings (SSSR count). The first kappa shape index (κ1) is 12.7. The molecule has 0 aliphatic heterocycles. The highest BCUT2D eigenvalue weighted by Crippen LogP contribution is 2.45. The Labute approximate surface area is 117 Å². The number of aryl methyl sites for hydroxylation is 2. The molecule has 100 valence electrons. The van der Waals surface area contributed by atoms with Gasteiger partial charge in [-0.25, -0.2) is 0 Å². The van der Waals surface area contributed by atoms with Gasteiger partial charge in [0.1, 0.15) is 0 Å². The van der Waals surface area contributed by atoms with Crippen LogP contribution in [0.2, 0.25) is 0 Å². The van der Waals surface area contributed by atoms with Crippen LogP contribution in [0.4, 0.5) is 0 Å². The highest BCUT2D eigenvalue weighted by Gasteiger charge is 2.24. The van der Waals surface area contributed by atoms with Gasteiger partial charge < -0.3 is 4.42 Å². The number of benzene rings is 1. The second-order valence-corrected chi connectivity index (χ2v) is 6.57. The quantitative estimate of drug-likeness (QED) is 0.838. The summed E-state index contributed by atoms with van der Waals surface area (Å²) in [7, 11) is 0. The van der Waals surface area contributed by atoms with Gasteiger partial charge in [0.25, 0.3) is 0 Å². The van der Waals surface area contributed by atoms with E-state index in [-0.39, 0.29) is 5.25 Å². The van der Waals surface area contributed by atoms with E-state index in [9.17, 15) is 0 Å². The van der Waals surface area contributed by atoms with Crippen LogP contribution in [0, 0.1) is 6.92 Å². The molecular formula is C15H18N2OS. The molecule has 1 aromatic carbocycles. The van der Waals surface area contributed by atoms with Gasteiger partial charge in [-0.3, -0.25) is 0 Å². The first-order valence-electron chi connectivity index (χ1n) is 6.77. The molecule has 1 aliphatic rings. The Morgan fingerprint density at radius 2 is 2.16 bits per heavy atom. The molecule has 1 aliphatic carbocycles. The van der Waals surface area contributed by atoms with Gasteiger partial charge in [0, 0.05) is 12.2 Å². The van der Waals surface area contributed by atoms with Crippen LogP contribution in [-0.4, -0.2) is 10.2 Å². The zero-order valence-corrected chi connectivity index (χ0v) is 12.1. The minimum absolute atomic E-state index is 0.248. The fourth-order valence-electron chi connectivity index (χ4n) is 2.63. The van der Waals surface area contributed by atoms with Gasteiger partial charge in [-0.1, -0.05) is 24.3 Å². The van der Waals surface area contributed by atoms with E-state index in [1.807, 2.05) is 18.7 Å². The predicted molar refractivity (Wildman–Crippen MR) is 77.2 cm³/mol. The standard InChI is InChI=1S/C15H18N2OS/c1-10(15-17-16-11(2)18-15)19-14-9-5-7-12-6-3-4-8-13(12)14/h3-4,6,8,10,14H,5,7,9H2,1-2H3/t10-,14-/m1/s1. The van der Waals surface area contributed by atoms with Crippen LogP contribution in [0.15, 0.2) is 28.7 Å². The van der Waals surface area contributed by atoms with Crippen molar-refractivity contribution in [2.75, 3.05) is 0 Å². The van der Waals surface area contributed by atoms with Crippen molar-refractivity contribution in [3.8, 4) is 0 Å². The van der Waals surface area contributed by atoms with Gasteiger partial charge in [0.15, 0.2) is 0 Å². The molecule has 0 saturated heterocycles. The molecule has 0 amide bonds.